The average molecular weight is 311 g/mol. The van der Waals surface area contributed by atoms with Crippen LogP contribution in [-0.2, 0) is 9.59 Å². The van der Waals surface area contributed by atoms with Crippen molar-refractivity contribution in [3.05, 3.63) is 0 Å². The van der Waals surface area contributed by atoms with Crippen molar-refractivity contribution >= 4 is 43.7 Å². The molecule has 0 spiro atoms. The van der Waals surface area contributed by atoms with Crippen molar-refractivity contribution in [2.24, 2.45) is 11.8 Å². The smallest absolute Gasteiger partial charge is 0.230 e. The maximum Gasteiger partial charge on any atom is 0.230 e. The van der Waals surface area contributed by atoms with E-state index < -0.39 is 0 Å². The highest BCUT2D eigenvalue weighted by Crippen LogP contribution is 2.40. The number of halogens is 2. The van der Waals surface area contributed by atoms with E-state index in [1.807, 2.05) is 0 Å². The molecule has 3 nitrogen and oxygen atoms in total. The van der Waals surface area contributed by atoms with E-state index in [9.17, 15) is 9.59 Å². The summed E-state index contributed by atoms with van der Waals surface area (Å²) in [6, 6.07) is 0. The van der Waals surface area contributed by atoms with Crippen molar-refractivity contribution in [3.8, 4) is 0 Å². The zero-order chi connectivity index (χ0) is 9.59. The minimum Gasteiger partial charge on any atom is -0.296 e. The summed E-state index contributed by atoms with van der Waals surface area (Å²) >= 11 is 7.00. The lowest BCUT2D eigenvalue weighted by atomic mass is 9.81. The van der Waals surface area contributed by atoms with E-state index in [0.29, 0.717) is 9.65 Å². The molecule has 72 valence electrons. The Morgan fingerprint density at radius 3 is 1.77 bits per heavy atom. The fourth-order valence-corrected chi connectivity index (χ4v) is 3.23. The number of hydrogen-bond donors (Lipinski definition) is 1. The predicted molar refractivity (Wildman–Crippen MR) is 54.8 cm³/mol. The number of hydrogen-bond acceptors (Lipinski definition) is 2. The van der Waals surface area contributed by atoms with Crippen molar-refractivity contribution in [1.29, 1.82) is 0 Å². The first-order valence-corrected chi connectivity index (χ1v) is 6.05. The maximum atomic E-state index is 11.3. The van der Waals surface area contributed by atoms with E-state index in [1.165, 1.54) is 0 Å². The Bertz CT molecular complexity index is 243. The lowest BCUT2D eigenvalue weighted by Gasteiger charge is -2.29. The Hall–Kier alpha value is 0.1000. The van der Waals surface area contributed by atoms with Gasteiger partial charge < -0.3 is 0 Å². The third-order valence-electron chi connectivity index (χ3n) is 2.76. The molecule has 5 heteroatoms. The van der Waals surface area contributed by atoms with E-state index in [1.54, 1.807) is 0 Å². The van der Waals surface area contributed by atoms with Crippen LogP contribution in [0.3, 0.4) is 0 Å². The normalized spacial score (nSPS) is 44.5. The number of carbonyl (C=O) groups is 2. The maximum absolute atomic E-state index is 11.3. The minimum atomic E-state index is -0.106. The molecule has 1 N–H and O–H groups in total. The Kier molecular flexibility index (Phi) is 2.49. The van der Waals surface area contributed by atoms with Crippen LogP contribution < -0.4 is 5.32 Å². The van der Waals surface area contributed by atoms with E-state index in [-0.39, 0.29) is 23.7 Å². The molecular formula is C8H9Br2NO2. The van der Waals surface area contributed by atoms with Gasteiger partial charge >= 0.3 is 0 Å². The Balaban J connectivity index is 2.19. The molecule has 0 aromatic rings. The van der Waals surface area contributed by atoms with Gasteiger partial charge in [0.1, 0.15) is 0 Å². The highest BCUT2D eigenvalue weighted by molar-refractivity contribution is 9.12. The third kappa shape index (κ3) is 1.56. The van der Waals surface area contributed by atoms with Crippen molar-refractivity contribution in [3.63, 3.8) is 0 Å². The summed E-state index contributed by atoms with van der Waals surface area (Å²) in [5, 5.41) is 2.38. The van der Waals surface area contributed by atoms with E-state index in [0.717, 1.165) is 12.8 Å². The monoisotopic (exact) mass is 309 g/mol. The van der Waals surface area contributed by atoms with Crippen LogP contribution in [0, 0.1) is 11.8 Å². The molecule has 0 unspecified atom stereocenters. The third-order valence-corrected chi connectivity index (χ3v) is 5.49. The SMILES string of the molecule is O=C1NC(=O)[C@@H]2C[C@H](Br)[C@@H](Br)C[C@@H]12. The molecule has 1 aliphatic carbocycles. The number of fused-ring (bicyclic) bond motifs is 1. The summed E-state index contributed by atoms with van der Waals surface area (Å²) in [7, 11) is 0. The Morgan fingerprint density at radius 2 is 1.38 bits per heavy atom. The number of rotatable bonds is 0. The summed E-state index contributed by atoms with van der Waals surface area (Å²) in [4.78, 5) is 23.2. The van der Waals surface area contributed by atoms with E-state index >= 15 is 0 Å². The van der Waals surface area contributed by atoms with Gasteiger partial charge in [0, 0.05) is 9.65 Å². The molecule has 2 aliphatic rings. The topological polar surface area (TPSA) is 46.2 Å². The predicted octanol–water partition coefficient (Wildman–Crippen LogP) is 1.20. The standard InChI is InChI=1S/C8H9Br2NO2/c9-5-1-3-4(2-6(5)10)8(13)11-7(3)12/h3-6H,1-2H2,(H,11,12,13)/t3-,4-,5+,6+/m1/s1. The molecule has 0 radical (unpaired) electrons. The summed E-state index contributed by atoms with van der Waals surface area (Å²) in [5.41, 5.74) is 0. The first-order chi connectivity index (χ1) is 6.09. The van der Waals surface area contributed by atoms with Gasteiger partial charge in [-0.3, -0.25) is 14.9 Å². The van der Waals surface area contributed by atoms with Crippen LogP contribution in [0.4, 0.5) is 0 Å². The highest BCUT2D eigenvalue weighted by atomic mass is 79.9. The van der Waals surface area contributed by atoms with Crippen molar-refractivity contribution in [2.45, 2.75) is 22.5 Å². The number of alkyl halides is 2. The molecule has 0 bridgehead atoms. The molecule has 0 aromatic carbocycles. The second kappa shape index (κ2) is 3.35. The summed E-state index contributed by atoms with van der Waals surface area (Å²) in [5.74, 6) is -0.408. The second-order valence-corrected chi connectivity index (χ2v) is 5.92. The number of imide groups is 1. The van der Waals surface area contributed by atoms with Crippen molar-refractivity contribution in [2.75, 3.05) is 0 Å². The molecule has 1 heterocycles. The van der Waals surface area contributed by atoms with Gasteiger partial charge in [0.2, 0.25) is 11.8 Å². The van der Waals surface area contributed by atoms with Gasteiger partial charge in [-0.05, 0) is 12.8 Å². The summed E-state index contributed by atoms with van der Waals surface area (Å²) in [6.45, 7) is 0. The Morgan fingerprint density at radius 1 is 1.00 bits per heavy atom. The molecule has 2 rings (SSSR count). The number of nitrogens with one attached hydrogen (secondary N) is 1. The van der Waals surface area contributed by atoms with Gasteiger partial charge in [0.05, 0.1) is 11.8 Å². The van der Waals surface area contributed by atoms with Crippen LogP contribution >= 0.6 is 31.9 Å². The minimum absolute atomic E-state index is 0.0983. The average Bonchev–Trinajstić information content (AvgIpc) is 2.31. The summed E-state index contributed by atoms with van der Waals surface area (Å²) < 4.78 is 0. The lowest BCUT2D eigenvalue weighted by molar-refractivity contribution is -0.126. The zero-order valence-electron chi connectivity index (χ0n) is 6.80. The van der Waals surface area contributed by atoms with E-state index in [2.05, 4.69) is 37.2 Å². The molecule has 1 saturated heterocycles. The second-order valence-electron chi connectivity index (χ2n) is 3.57. The van der Waals surface area contributed by atoms with Crippen LogP contribution in [0.2, 0.25) is 0 Å². The molecule has 4 atom stereocenters. The van der Waals surface area contributed by atoms with Gasteiger partial charge in [0.15, 0.2) is 0 Å². The largest absolute Gasteiger partial charge is 0.296 e. The van der Waals surface area contributed by atoms with Gasteiger partial charge in [-0.15, -0.1) is 0 Å². The number of amides is 2. The molecule has 1 saturated carbocycles. The fraction of sp³-hybridized carbons (Fsp3) is 0.750. The molecule has 13 heavy (non-hydrogen) atoms. The first-order valence-electron chi connectivity index (χ1n) is 4.22. The van der Waals surface area contributed by atoms with Crippen LogP contribution in [0.1, 0.15) is 12.8 Å². The van der Waals surface area contributed by atoms with Gasteiger partial charge in [-0.25, -0.2) is 0 Å². The quantitative estimate of drug-likeness (QED) is 0.540. The first kappa shape index (κ1) is 9.65. The molecule has 0 aromatic heterocycles. The van der Waals surface area contributed by atoms with Crippen LogP contribution in [-0.4, -0.2) is 21.5 Å². The van der Waals surface area contributed by atoms with Gasteiger partial charge in [0.25, 0.3) is 0 Å². The van der Waals surface area contributed by atoms with Crippen LogP contribution in [0.15, 0.2) is 0 Å². The molecule has 1 aliphatic heterocycles. The zero-order valence-corrected chi connectivity index (χ0v) is 9.97. The van der Waals surface area contributed by atoms with Crippen LogP contribution in [0.25, 0.3) is 0 Å². The van der Waals surface area contributed by atoms with Gasteiger partial charge in [-0.2, -0.15) is 0 Å². The Labute approximate surface area is 92.9 Å². The molecule has 2 amide bonds. The van der Waals surface area contributed by atoms with Crippen molar-refractivity contribution in [1.82, 2.24) is 5.32 Å². The summed E-state index contributed by atoms with van der Waals surface area (Å²) in [6.07, 6.45) is 1.50. The van der Waals surface area contributed by atoms with Gasteiger partial charge in [-0.1, -0.05) is 31.9 Å². The van der Waals surface area contributed by atoms with E-state index in [4.69, 9.17) is 0 Å². The number of carbonyl (C=O) groups excluding carboxylic acids is 2. The van der Waals surface area contributed by atoms with Crippen LogP contribution in [0.5, 0.6) is 0 Å². The highest BCUT2D eigenvalue weighted by Gasteiger charge is 2.47. The van der Waals surface area contributed by atoms with Crippen molar-refractivity contribution < 1.29 is 9.59 Å². The lowest BCUT2D eigenvalue weighted by Crippen LogP contribution is -2.34. The molecule has 2 fully saturated rings. The molecular weight excluding hydrogens is 302 g/mol. The fourth-order valence-electron chi connectivity index (χ4n) is 2.00.